The van der Waals surface area contributed by atoms with Crippen LogP contribution in [-0.2, 0) is 7.05 Å². The Hall–Kier alpha value is -2.81. The Kier molecular flexibility index (Phi) is 2.68. The molecule has 0 spiro atoms. The third-order valence-corrected chi connectivity index (χ3v) is 5.03. The van der Waals surface area contributed by atoms with Crippen molar-refractivity contribution < 1.29 is 13.8 Å². The molecule has 0 saturated heterocycles. The Morgan fingerprint density at radius 2 is 1.76 bits per heavy atom. The molecule has 126 valence electrons. The maximum absolute atomic E-state index is 10.6. The lowest BCUT2D eigenvalue weighted by molar-refractivity contribution is -0.665. The minimum atomic E-state index is -2.19. The van der Waals surface area contributed by atoms with Gasteiger partial charge in [0.15, 0.2) is 0 Å². The van der Waals surface area contributed by atoms with Gasteiger partial charge in [0.2, 0.25) is 0 Å². The number of rotatable bonds is 1. The fraction of sp³-hybridized carbons (Fsp3) is 0.227. The van der Waals surface area contributed by atoms with E-state index in [-0.39, 0.29) is 5.75 Å². The van der Waals surface area contributed by atoms with Crippen LogP contribution >= 0.6 is 0 Å². The Morgan fingerprint density at radius 1 is 1.00 bits per heavy atom. The van der Waals surface area contributed by atoms with Gasteiger partial charge >= 0.3 is 0 Å². The lowest BCUT2D eigenvalue weighted by Gasteiger charge is -2.09. The second-order valence-electron chi connectivity index (χ2n) is 6.76. The van der Waals surface area contributed by atoms with Crippen LogP contribution in [0.25, 0.3) is 27.6 Å². The van der Waals surface area contributed by atoms with Gasteiger partial charge in [-0.15, -0.1) is 0 Å². The van der Waals surface area contributed by atoms with Crippen LogP contribution in [0.4, 0.5) is 0 Å². The van der Waals surface area contributed by atoms with Gasteiger partial charge in [0.05, 0.1) is 13.2 Å². The smallest absolute Gasteiger partial charge is 0.286 e. The molecule has 0 aliphatic rings. The van der Waals surface area contributed by atoms with Gasteiger partial charge in [-0.05, 0) is 62.5 Å². The SMILES string of the molecule is [2H]C([2H])([2H])c1cc(-n2c3ccccc3c3cc(C)c(O)c(C)c32)[n+](C)cc1C. The molecule has 0 fully saturated rings. The predicted octanol–water partition coefficient (Wildman–Crippen LogP) is 4.55. The number of benzene rings is 2. The first kappa shape index (κ1) is 12.5. The van der Waals surface area contributed by atoms with Gasteiger partial charge in [-0.25, -0.2) is 4.57 Å². The van der Waals surface area contributed by atoms with Crippen molar-refractivity contribution in [3.63, 3.8) is 0 Å². The third-order valence-electron chi connectivity index (χ3n) is 5.03. The number of phenols is 1. The molecule has 0 saturated carbocycles. The summed E-state index contributed by atoms with van der Waals surface area (Å²) in [6.45, 7) is 3.42. The highest BCUT2D eigenvalue weighted by Gasteiger charge is 2.24. The van der Waals surface area contributed by atoms with E-state index >= 15 is 0 Å². The summed E-state index contributed by atoms with van der Waals surface area (Å²) in [5.41, 5.74) is 4.52. The molecule has 2 heterocycles. The lowest BCUT2D eigenvalue weighted by Crippen LogP contribution is -2.34. The lowest BCUT2D eigenvalue weighted by atomic mass is 10.0. The number of pyridine rings is 1. The van der Waals surface area contributed by atoms with Crippen LogP contribution in [0, 0.1) is 27.6 Å². The van der Waals surface area contributed by atoms with Crippen molar-refractivity contribution in [2.75, 3.05) is 0 Å². The number of nitrogens with zero attached hydrogens (tertiary/aromatic N) is 2. The van der Waals surface area contributed by atoms with Crippen LogP contribution in [0.3, 0.4) is 0 Å². The molecule has 1 N–H and O–H groups in total. The maximum atomic E-state index is 10.6. The zero-order valence-corrected chi connectivity index (χ0v) is 14.9. The topological polar surface area (TPSA) is 29.0 Å². The van der Waals surface area contributed by atoms with Crippen molar-refractivity contribution in [1.29, 1.82) is 0 Å². The Morgan fingerprint density at radius 3 is 2.52 bits per heavy atom. The van der Waals surface area contributed by atoms with Crippen LogP contribution in [0.15, 0.2) is 42.6 Å². The number of para-hydroxylation sites is 1. The second kappa shape index (κ2) is 5.35. The van der Waals surface area contributed by atoms with Crippen LogP contribution in [0.5, 0.6) is 5.75 Å². The van der Waals surface area contributed by atoms with E-state index in [9.17, 15) is 5.11 Å². The molecule has 0 amide bonds. The highest BCUT2D eigenvalue weighted by Crippen LogP contribution is 2.38. The van der Waals surface area contributed by atoms with Gasteiger partial charge in [-0.3, -0.25) is 0 Å². The highest BCUT2D eigenvalue weighted by atomic mass is 16.3. The van der Waals surface area contributed by atoms with Gasteiger partial charge in [0, 0.05) is 26.5 Å². The zero-order valence-electron chi connectivity index (χ0n) is 17.9. The molecule has 4 aromatic rings. The van der Waals surface area contributed by atoms with E-state index in [4.69, 9.17) is 4.11 Å². The number of aryl methyl sites for hydroxylation is 5. The first-order valence-corrected chi connectivity index (χ1v) is 8.34. The Labute approximate surface area is 152 Å². The van der Waals surface area contributed by atoms with Gasteiger partial charge in [-0.1, -0.05) is 12.1 Å². The van der Waals surface area contributed by atoms with Crippen molar-refractivity contribution in [3.05, 3.63) is 64.8 Å². The van der Waals surface area contributed by atoms with Gasteiger partial charge in [-0.2, -0.15) is 4.57 Å². The third kappa shape index (κ3) is 2.15. The van der Waals surface area contributed by atoms with E-state index in [1.54, 1.807) is 6.07 Å². The molecule has 0 radical (unpaired) electrons. The van der Waals surface area contributed by atoms with Crippen LogP contribution < -0.4 is 4.57 Å². The summed E-state index contributed by atoms with van der Waals surface area (Å²) in [6.07, 6.45) is 1.85. The molecule has 3 heteroatoms. The predicted molar refractivity (Wildman–Crippen MR) is 103 cm³/mol. The Balaban J connectivity index is 2.22. The molecule has 0 aliphatic heterocycles. The second-order valence-corrected chi connectivity index (χ2v) is 6.76. The molecular formula is C22H23N2O+. The largest absolute Gasteiger partial charge is 0.507 e. The number of aromatic nitrogens is 2. The maximum Gasteiger partial charge on any atom is 0.286 e. The monoisotopic (exact) mass is 334 g/mol. The van der Waals surface area contributed by atoms with E-state index in [0.29, 0.717) is 5.56 Å². The van der Waals surface area contributed by atoms with Crippen LogP contribution in [-0.4, -0.2) is 9.67 Å². The molecule has 0 atom stereocenters. The van der Waals surface area contributed by atoms with Crippen molar-refractivity contribution in [2.45, 2.75) is 27.6 Å². The molecule has 2 aromatic carbocycles. The van der Waals surface area contributed by atoms with E-state index < -0.39 is 6.85 Å². The van der Waals surface area contributed by atoms with Gasteiger partial charge in [0.1, 0.15) is 16.8 Å². The van der Waals surface area contributed by atoms with Crippen molar-refractivity contribution in [2.24, 2.45) is 7.05 Å². The standard InChI is InChI=1S/C22H22N2O/c1-13-11-20(23(5)12-15(13)3)24-19-9-7-6-8-17(19)18-10-14(2)22(25)16(4)21(18)24/h6-12H,1-5H3/p+1/i1D3. The minimum Gasteiger partial charge on any atom is -0.507 e. The minimum absolute atomic E-state index is 0.266. The van der Waals surface area contributed by atoms with Crippen molar-refractivity contribution in [1.82, 2.24) is 4.57 Å². The molecule has 0 bridgehead atoms. The summed E-state index contributed by atoms with van der Waals surface area (Å²) in [7, 11) is 1.91. The van der Waals surface area contributed by atoms with Gasteiger partial charge in [0.25, 0.3) is 5.82 Å². The van der Waals surface area contributed by atoms with Gasteiger partial charge < -0.3 is 5.11 Å². The van der Waals surface area contributed by atoms with Crippen LogP contribution in [0.1, 0.15) is 26.4 Å². The fourth-order valence-corrected chi connectivity index (χ4v) is 3.70. The normalized spacial score (nSPS) is 13.8. The molecular weight excluding hydrogens is 308 g/mol. The van der Waals surface area contributed by atoms with E-state index in [0.717, 1.165) is 44.3 Å². The molecule has 25 heavy (non-hydrogen) atoms. The quantitative estimate of drug-likeness (QED) is 0.508. The molecule has 4 rings (SSSR count). The summed E-state index contributed by atoms with van der Waals surface area (Å²) in [5.74, 6) is 1.01. The van der Waals surface area contributed by atoms with Crippen molar-refractivity contribution in [3.8, 4) is 11.6 Å². The Bertz CT molecular complexity index is 1250. The number of phenolic OH excluding ortho intramolecular Hbond substituents is 1. The van der Waals surface area contributed by atoms with Crippen LogP contribution in [0.2, 0.25) is 0 Å². The number of aromatic hydroxyl groups is 1. The molecule has 0 aliphatic carbocycles. The number of hydrogen-bond donors (Lipinski definition) is 1. The van der Waals surface area contributed by atoms with Crippen molar-refractivity contribution >= 4 is 21.8 Å². The summed E-state index contributed by atoms with van der Waals surface area (Å²) in [5, 5.41) is 12.7. The summed E-state index contributed by atoms with van der Waals surface area (Å²) < 4.78 is 27.7. The summed E-state index contributed by atoms with van der Waals surface area (Å²) in [4.78, 5) is 0. The van der Waals surface area contributed by atoms with E-state index in [1.165, 1.54) is 0 Å². The average molecular weight is 334 g/mol. The average Bonchev–Trinajstić information content (AvgIpc) is 2.93. The molecule has 0 unspecified atom stereocenters. The molecule has 3 nitrogen and oxygen atoms in total. The molecule has 2 aromatic heterocycles. The van der Waals surface area contributed by atoms with E-state index in [1.807, 2.05) is 67.4 Å². The number of hydrogen-bond acceptors (Lipinski definition) is 1. The summed E-state index contributed by atoms with van der Waals surface area (Å²) >= 11 is 0. The fourth-order valence-electron chi connectivity index (χ4n) is 3.70. The number of fused-ring (bicyclic) bond motifs is 3. The first-order valence-electron chi connectivity index (χ1n) is 9.84. The first-order chi connectivity index (χ1) is 13.1. The van der Waals surface area contributed by atoms with E-state index in [2.05, 4.69) is 6.07 Å². The highest BCUT2D eigenvalue weighted by molar-refractivity contribution is 6.10. The zero-order chi connectivity index (χ0) is 20.4. The summed E-state index contributed by atoms with van der Waals surface area (Å²) in [6, 6.07) is 11.8.